The predicted octanol–water partition coefficient (Wildman–Crippen LogP) is -6.87. The monoisotopic (exact) mass is 1380 g/mol. The number of aliphatic hydroxyl groups excluding tert-OH is 2. The van der Waals surface area contributed by atoms with Crippen molar-refractivity contribution < 1.29 is 126 Å². The van der Waals surface area contributed by atoms with Gasteiger partial charge in [0.15, 0.2) is 75.4 Å². The van der Waals surface area contributed by atoms with E-state index in [4.69, 9.17) is 112 Å². The number of nitrogens with one attached hydrogen (secondary N) is 7. The molecule has 0 bridgehead atoms. The minimum atomic E-state index is -2.04. The molecular formula is C47H106N8O27Si6. The zero-order valence-electron chi connectivity index (χ0n) is 49.6. The van der Waals surface area contributed by atoms with Crippen LogP contribution in [-0.2, 0) is 106 Å². The Balaban J connectivity index is -0.000000109. The quantitative estimate of drug-likeness (QED) is 0.0151. The van der Waals surface area contributed by atoms with Crippen molar-refractivity contribution in [3.05, 3.63) is 0 Å². The summed E-state index contributed by atoms with van der Waals surface area (Å²) < 4.78 is 60.3. The van der Waals surface area contributed by atoms with E-state index in [1.165, 1.54) is 12.8 Å². The van der Waals surface area contributed by atoms with E-state index in [9.17, 15) is 19.8 Å². The molecule has 0 saturated carbocycles. The largest absolute Gasteiger partial charge is 0.418 e. The van der Waals surface area contributed by atoms with Gasteiger partial charge < -0.3 is 102 Å². The third-order valence-corrected chi connectivity index (χ3v) is 22.6. The van der Waals surface area contributed by atoms with Gasteiger partial charge in [0.05, 0.1) is 50.2 Å². The number of aldehydes is 12. The van der Waals surface area contributed by atoms with Crippen molar-refractivity contribution in [1.29, 1.82) is 0 Å². The van der Waals surface area contributed by atoms with Crippen molar-refractivity contribution in [1.82, 2.24) is 37.2 Å². The van der Waals surface area contributed by atoms with Gasteiger partial charge in [-0.2, -0.15) is 0 Å². The predicted molar refractivity (Wildman–Crippen MR) is 339 cm³/mol. The number of ether oxygens (including phenoxy) is 2. The second-order valence-electron chi connectivity index (χ2n) is 15.4. The van der Waals surface area contributed by atoms with Gasteiger partial charge in [0.1, 0.15) is 0 Å². The molecule has 520 valence electrons. The number of rotatable bonds is 28. The zero-order valence-corrected chi connectivity index (χ0v) is 56.5. The molecule has 11 N–H and O–H groups in total. The van der Waals surface area contributed by atoms with Crippen LogP contribution in [0.1, 0.15) is 67.7 Å². The van der Waals surface area contributed by atoms with Gasteiger partial charge in [0.25, 0.3) is 0 Å². The van der Waals surface area contributed by atoms with Crippen molar-refractivity contribution in [2.24, 2.45) is 5.73 Å². The van der Waals surface area contributed by atoms with Crippen LogP contribution >= 0.6 is 0 Å². The van der Waals surface area contributed by atoms with Crippen LogP contribution in [0.25, 0.3) is 0 Å². The summed E-state index contributed by atoms with van der Waals surface area (Å²) >= 11 is 0. The lowest BCUT2D eigenvalue weighted by Gasteiger charge is -2.21. The Morgan fingerprint density at radius 2 is 0.830 bits per heavy atom. The van der Waals surface area contributed by atoms with Crippen LogP contribution in [0.4, 0.5) is 9.59 Å². The molecule has 35 nitrogen and oxygen atoms in total. The first-order valence-corrected chi connectivity index (χ1v) is 36.4. The summed E-state index contributed by atoms with van der Waals surface area (Å²) in [6, 6.07) is -0.471. The molecule has 0 aromatic rings. The Kier molecular flexibility index (Phi) is 111. The Morgan fingerprint density at radius 3 is 1.12 bits per heavy atom. The van der Waals surface area contributed by atoms with Gasteiger partial charge in [0.2, 0.25) is 0 Å². The van der Waals surface area contributed by atoms with Crippen LogP contribution in [0.5, 0.6) is 0 Å². The second-order valence-corrected chi connectivity index (χ2v) is 29.0. The van der Waals surface area contributed by atoms with Crippen LogP contribution in [0.2, 0.25) is 0 Å². The minimum absolute atomic E-state index is 0. The highest BCUT2D eigenvalue weighted by molar-refractivity contribution is 6.60. The zero-order chi connectivity index (χ0) is 65.8. The number of unbranched alkanes of at least 4 members (excludes halogenated alkanes) is 1. The Bertz CT molecular complexity index is 1440. The van der Waals surface area contributed by atoms with Crippen LogP contribution < -0.4 is 43.0 Å². The van der Waals surface area contributed by atoms with Gasteiger partial charge in [-0.3, -0.25) is 57.5 Å². The summed E-state index contributed by atoms with van der Waals surface area (Å²) in [7, 11) is -1.49. The van der Waals surface area contributed by atoms with Crippen LogP contribution in [-0.4, -0.2) is 304 Å². The number of hydrogen-bond acceptors (Lipinski definition) is 31. The molecule has 8 atom stereocenters. The van der Waals surface area contributed by atoms with E-state index in [0.717, 1.165) is 57.7 Å². The first-order chi connectivity index (χ1) is 41.0. The Hall–Kier alpha value is -4.80. The number of carbonyl (C=O) groups excluding carboxylic acids is 14. The molecule has 8 unspecified atom stereocenters. The normalized spacial score (nSPS) is 17.6. The van der Waals surface area contributed by atoms with E-state index >= 15 is 0 Å². The highest BCUT2D eigenvalue weighted by Gasteiger charge is 2.24. The smallest absolute Gasteiger partial charge is 0.338 e. The molecule has 2 rings (SSSR count). The third kappa shape index (κ3) is 94.9. The van der Waals surface area contributed by atoms with Gasteiger partial charge in [-0.1, -0.05) is 22.3 Å². The van der Waals surface area contributed by atoms with Crippen molar-refractivity contribution in [2.45, 2.75) is 79.9 Å². The standard InChI is InChI=1S/C14H36N2O7Si2.C10H24N4O5Si2.C8H22N2O3Si2.6C2H2O2.3CH4/c1-13(17)9-21-11-24(19-2)23-25(20-3)12-22-10-14(18)8-16-7-5-4-6-15;1-17-20-7-13-9(15)11-5-3-4-6-12-10(16)14-8-21(18-2)19-20;1-11-14-7-9-5-3-4-6-10-8-15(12-2)13-14;6*3-1-2-4;;;/h13-14,16-18,24-25H,4-12,15H2,1-3H3;20-21H,3-8H2,1-2H3,(H2,11,13,15)(H2,12,14,16);9-10,14-15H,3-8H2,1-2H3;6*1-2H;3*1H4. The number of nitrogens with two attached hydrogens (primary N) is 1. The molecule has 4 amide bonds. The molecule has 41 heteroatoms. The lowest BCUT2D eigenvalue weighted by atomic mass is 10.3. The molecule has 2 saturated heterocycles. The molecule has 2 aliphatic heterocycles. The molecule has 2 aliphatic rings. The lowest BCUT2D eigenvalue weighted by Crippen LogP contribution is -2.49. The summed E-state index contributed by atoms with van der Waals surface area (Å²) in [5.74, 6) is 0. The number of urea groups is 2. The first-order valence-electron chi connectivity index (χ1n) is 25.9. The van der Waals surface area contributed by atoms with E-state index in [0.29, 0.717) is 51.0 Å². The van der Waals surface area contributed by atoms with Crippen molar-refractivity contribution >= 4 is 143 Å². The summed E-state index contributed by atoms with van der Waals surface area (Å²) in [5, 5.41) is 39.9. The molecule has 0 aromatic carbocycles. The molecular weight excluding hydrogens is 1280 g/mol. The van der Waals surface area contributed by atoms with Gasteiger partial charge in [-0.05, 0) is 71.6 Å². The highest BCUT2D eigenvalue weighted by Crippen LogP contribution is 2.00. The second kappa shape index (κ2) is 93.3. The molecule has 0 aromatic heterocycles. The lowest BCUT2D eigenvalue weighted by molar-refractivity contribution is -0.122. The van der Waals surface area contributed by atoms with Gasteiger partial charge in [0, 0.05) is 74.6 Å². The molecule has 0 radical (unpaired) electrons. The third-order valence-electron chi connectivity index (χ3n) is 8.80. The van der Waals surface area contributed by atoms with Crippen molar-refractivity contribution in [3.8, 4) is 0 Å². The maximum Gasteiger partial charge on any atom is 0.338 e. The first kappa shape index (κ1) is 105. The average Bonchev–Trinajstić information content (AvgIpc) is 3.77. The van der Waals surface area contributed by atoms with Crippen LogP contribution in [0.3, 0.4) is 0 Å². The van der Waals surface area contributed by atoms with Crippen LogP contribution in [0, 0.1) is 0 Å². The fraction of sp³-hybridized carbons (Fsp3) is 0.702. The summed E-state index contributed by atoms with van der Waals surface area (Å²) in [5.41, 5.74) is 5.42. The van der Waals surface area contributed by atoms with E-state index < -0.39 is 67.9 Å². The molecule has 0 spiro atoms. The number of aliphatic hydroxyl groups is 2. The number of hydrogen-bond donors (Lipinski definition) is 10. The minimum Gasteiger partial charge on any atom is -0.418 e. The Morgan fingerprint density at radius 1 is 0.511 bits per heavy atom. The van der Waals surface area contributed by atoms with E-state index in [2.05, 4.69) is 37.2 Å². The van der Waals surface area contributed by atoms with Gasteiger partial charge >= 0.3 is 67.8 Å². The summed E-state index contributed by atoms with van der Waals surface area (Å²) in [4.78, 5) is 129. The number of carbonyl (C=O) groups is 14. The molecule has 2 fully saturated rings. The van der Waals surface area contributed by atoms with Gasteiger partial charge in [-0.15, -0.1) is 0 Å². The van der Waals surface area contributed by atoms with Crippen LogP contribution in [0.15, 0.2) is 0 Å². The topological polar surface area (TPSA) is 491 Å². The Labute approximate surface area is 528 Å². The fourth-order valence-electron chi connectivity index (χ4n) is 5.01. The molecule has 0 aliphatic carbocycles. The van der Waals surface area contributed by atoms with E-state index in [1.807, 2.05) is 0 Å². The highest BCUT2D eigenvalue weighted by atomic mass is 28.4. The molecule has 88 heavy (non-hydrogen) atoms. The van der Waals surface area contributed by atoms with E-state index in [1.54, 1.807) is 49.6 Å². The van der Waals surface area contributed by atoms with Gasteiger partial charge in [-0.25, -0.2) is 9.59 Å². The van der Waals surface area contributed by atoms with Crippen molar-refractivity contribution in [3.63, 3.8) is 0 Å². The summed E-state index contributed by atoms with van der Waals surface area (Å²) in [6.07, 6.45) is 10.3. The SMILES string of the molecule is C.C.C.CO[SiH](COCC(C)O)O[SiH](COCC(O)CNCCCCN)OC.CO[SiH]1CNC(=O)NCCCCNC(=O)NC[SiH](OC)O1.CO[SiH]1CNCCCCNC[SiH](OC)O1.O=CC=O.O=CC=O.O=CC=O.O=CC=O.O=CC=O.O=CC=O. The van der Waals surface area contributed by atoms with E-state index in [-0.39, 0.29) is 123 Å². The summed E-state index contributed by atoms with van der Waals surface area (Å²) in [6.45, 7) is 7.35. The maximum absolute atomic E-state index is 11.6. The molecule has 2 heterocycles. The number of amides is 4. The average molecular weight is 1380 g/mol. The fourth-order valence-corrected chi connectivity index (χ4v) is 17.1. The maximum atomic E-state index is 11.6. The van der Waals surface area contributed by atoms with Crippen molar-refractivity contribution in [2.75, 3.05) is 139 Å².